The van der Waals surface area contributed by atoms with E-state index >= 15 is 0 Å². The molecule has 4 rings (SSSR count). The van der Waals surface area contributed by atoms with Crippen LogP contribution in [0.5, 0.6) is 0 Å². The van der Waals surface area contributed by atoms with Gasteiger partial charge < -0.3 is 11.5 Å². The minimum atomic E-state index is -0.272. The van der Waals surface area contributed by atoms with Crippen molar-refractivity contribution in [1.82, 2.24) is 9.97 Å². The van der Waals surface area contributed by atoms with E-state index in [9.17, 15) is 0 Å². The van der Waals surface area contributed by atoms with Crippen LogP contribution >= 0.6 is 0 Å². The van der Waals surface area contributed by atoms with Gasteiger partial charge >= 0.3 is 0 Å². The monoisotopic (exact) mass is 366 g/mol. The first kappa shape index (κ1) is 17.9. The van der Waals surface area contributed by atoms with Crippen molar-refractivity contribution >= 4 is 5.69 Å². The van der Waals surface area contributed by atoms with Crippen molar-refractivity contribution in [3.63, 3.8) is 0 Å². The number of aromatic nitrogens is 2. The molecule has 0 fully saturated rings. The average Bonchev–Trinajstić information content (AvgIpc) is 2.75. The highest BCUT2D eigenvalue weighted by Crippen LogP contribution is 2.38. The highest BCUT2D eigenvalue weighted by molar-refractivity contribution is 5.71. The van der Waals surface area contributed by atoms with Gasteiger partial charge in [-0.3, -0.25) is 9.97 Å². The number of hydrogen-bond donors (Lipinski definition) is 2. The quantitative estimate of drug-likeness (QED) is 0.508. The summed E-state index contributed by atoms with van der Waals surface area (Å²) in [5, 5.41) is 0. The Labute approximate surface area is 164 Å². The second kappa shape index (κ2) is 8.03. The van der Waals surface area contributed by atoms with Gasteiger partial charge in [-0.25, -0.2) is 0 Å². The summed E-state index contributed by atoms with van der Waals surface area (Å²) in [6, 6.07) is 23.9. The van der Waals surface area contributed by atoms with Crippen LogP contribution < -0.4 is 11.5 Å². The first-order valence-electron chi connectivity index (χ1n) is 9.24. The molecule has 2 aromatic heterocycles. The molecule has 2 aromatic carbocycles. The van der Waals surface area contributed by atoms with Gasteiger partial charge in [0.2, 0.25) is 0 Å². The molecule has 4 N–H and O–H groups in total. The van der Waals surface area contributed by atoms with Crippen LogP contribution in [0.3, 0.4) is 0 Å². The van der Waals surface area contributed by atoms with E-state index in [4.69, 9.17) is 11.5 Å². The molecule has 0 spiro atoms. The first-order chi connectivity index (χ1) is 13.7. The number of hydrogen-bond acceptors (Lipinski definition) is 4. The number of nitrogens with zero attached hydrogens (tertiary/aromatic N) is 2. The van der Waals surface area contributed by atoms with Crippen molar-refractivity contribution in [1.29, 1.82) is 0 Å². The number of anilines is 1. The molecule has 4 nitrogen and oxygen atoms in total. The Morgan fingerprint density at radius 3 is 2.00 bits per heavy atom. The first-order valence-corrected chi connectivity index (χ1v) is 9.24. The summed E-state index contributed by atoms with van der Waals surface area (Å²) in [7, 11) is 0. The average molecular weight is 366 g/mol. The molecule has 0 amide bonds. The van der Waals surface area contributed by atoms with Crippen molar-refractivity contribution in [2.24, 2.45) is 5.73 Å². The van der Waals surface area contributed by atoms with Gasteiger partial charge in [0.05, 0.1) is 0 Å². The fraction of sp³-hybridized carbons (Fsp3) is 0.0833. The van der Waals surface area contributed by atoms with Crippen LogP contribution in [0, 0.1) is 0 Å². The number of benzene rings is 2. The predicted octanol–water partition coefficient (Wildman–Crippen LogP) is 4.56. The van der Waals surface area contributed by atoms with E-state index in [0.29, 0.717) is 0 Å². The van der Waals surface area contributed by atoms with Crippen molar-refractivity contribution in [3.05, 3.63) is 114 Å². The summed E-state index contributed by atoms with van der Waals surface area (Å²) in [6.07, 6.45) is 7.30. The second-order valence-electron chi connectivity index (χ2n) is 6.79. The summed E-state index contributed by atoms with van der Waals surface area (Å²) in [6.45, 7) is 0. The third kappa shape index (κ3) is 3.63. The molecule has 4 heteroatoms. The molecule has 0 saturated heterocycles. The molecule has 0 radical (unpaired) electrons. The van der Waals surface area contributed by atoms with E-state index in [1.165, 1.54) is 0 Å². The van der Waals surface area contributed by atoms with E-state index in [1.807, 2.05) is 54.9 Å². The van der Waals surface area contributed by atoms with Gasteiger partial charge in [0.15, 0.2) is 0 Å². The number of nitrogen functional groups attached to an aromatic ring is 1. The van der Waals surface area contributed by atoms with Crippen LogP contribution in [0.2, 0.25) is 0 Å². The van der Waals surface area contributed by atoms with Gasteiger partial charge in [-0.2, -0.15) is 0 Å². The van der Waals surface area contributed by atoms with Crippen LogP contribution in [-0.2, 0) is 0 Å². The van der Waals surface area contributed by atoms with Crippen molar-refractivity contribution in [2.75, 3.05) is 5.73 Å². The highest BCUT2D eigenvalue weighted by Gasteiger charge is 2.26. The smallest absolute Gasteiger partial charge is 0.0413 e. The van der Waals surface area contributed by atoms with Gasteiger partial charge in [0.1, 0.15) is 0 Å². The summed E-state index contributed by atoms with van der Waals surface area (Å²) in [5.74, 6) is -0.0652. The van der Waals surface area contributed by atoms with Gasteiger partial charge in [-0.05, 0) is 52.1 Å². The van der Waals surface area contributed by atoms with Crippen LogP contribution in [0.4, 0.5) is 5.69 Å². The molecule has 28 heavy (non-hydrogen) atoms. The lowest BCUT2D eigenvalue weighted by molar-refractivity contribution is 0.627. The highest BCUT2D eigenvalue weighted by atomic mass is 14.7. The summed E-state index contributed by atoms with van der Waals surface area (Å²) < 4.78 is 0. The maximum absolute atomic E-state index is 6.89. The zero-order valence-corrected chi connectivity index (χ0v) is 15.4. The van der Waals surface area contributed by atoms with Gasteiger partial charge in [0.25, 0.3) is 0 Å². The summed E-state index contributed by atoms with van der Waals surface area (Å²) in [5.41, 5.74) is 19.0. The maximum Gasteiger partial charge on any atom is 0.0413 e. The Kier molecular flexibility index (Phi) is 5.13. The largest absolute Gasteiger partial charge is 0.399 e. The van der Waals surface area contributed by atoms with Crippen molar-refractivity contribution in [2.45, 2.75) is 12.0 Å². The minimum absolute atomic E-state index is 0.0652. The second-order valence-corrected chi connectivity index (χ2v) is 6.79. The van der Waals surface area contributed by atoms with Gasteiger partial charge in [-0.1, -0.05) is 48.5 Å². The molecule has 0 saturated carbocycles. The Balaban J connectivity index is 1.84. The van der Waals surface area contributed by atoms with Gasteiger partial charge in [-0.15, -0.1) is 0 Å². The third-order valence-electron chi connectivity index (χ3n) is 4.96. The van der Waals surface area contributed by atoms with Crippen LogP contribution in [0.1, 0.15) is 28.7 Å². The standard InChI is InChI=1S/C24H22N4/c25-20-9-3-6-17(14-20)21-10-1-2-11-22(21)24(26)23(18-7-4-12-27-15-18)19-8-5-13-28-16-19/h1-16,23-24H,25-26H2. The lowest BCUT2D eigenvalue weighted by Crippen LogP contribution is -2.22. The fourth-order valence-electron chi connectivity index (χ4n) is 3.66. The molecule has 1 unspecified atom stereocenters. The number of nitrogens with two attached hydrogens (primary N) is 2. The maximum atomic E-state index is 6.89. The molecule has 2 heterocycles. The van der Waals surface area contributed by atoms with E-state index in [0.717, 1.165) is 33.5 Å². The van der Waals surface area contributed by atoms with E-state index in [-0.39, 0.29) is 12.0 Å². The predicted molar refractivity (Wildman–Crippen MR) is 114 cm³/mol. The van der Waals surface area contributed by atoms with E-state index < -0.39 is 0 Å². The van der Waals surface area contributed by atoms with Crippen LogP contribution in [0.25, 0.3) is 11.1 Å². The SMILES string of the molecule is Nc1cccc(-c2ccccc2C(N)C(c2cccnc2)c2cccnc2)c1. The Morgan fingerprint density at radius 1 is 0.714 bits per heavy atom. The lowest BCUT2D eigenvalue weighted by Gasteiger charge is -2.27. The molecule has 0 bridgehead atoms. The summed E-state index contributed by atoms with van der Waals surface area (Å²) >= 11 is 0. The Hall–Kier alpha value is -3.50. The zero-order chi connectivity index (χ0) is 19.3. The molecule has 0 aliphatic rings. The molecular formula is C24H22N4. The molecule has 1 atom stereocenters. The molecule has 0 aliphatic heterocycles. The Bertz CT molecular complexity index is 1010. The molecule has 0 aliphatic carbocycles. The minimum Gasteiger partial charge on any atom is -0.399 e. The van der Waals surface area contributed by atoms with Gasteiger partial charge in [0, 0.05) is 42.4 Å². The van der Waals surface area contributed by atoms with Crippen molar-refractivity contribution < 1.29 is 0 Å². The third-order valence-corrected chi connectivity index (χ3v) is 4.96. The van der Waals surface area contributed by atoms with E-state index in [2.05, 4.69) is 40.3 Å². The van der Waals surface area contributed by atoms with Crippen LogP contribution in [0.15, 0.2) is 97.6 Å². The molecule has 138 valence electrons. The number of rotatable bonds is 5. The number of pyridine rings is 2. The summed E-state index contributed by atoms with van der Waals surface area (Å²) in [4.78, 5) is 8.61. The Morgan fingerprint density at radius 2 is 1.39 bits per heavy atom. The van der Waals surface area contributed by atoms with E-state index in [1.54, 1.807) is 12.4 Å². The normalized spacial score (nSPS) is 12.1. The fourth-order valence-corrected chi connectivity index (χ4v) is 3.66. The lowest BCUT2D eigenvalue weighted by atomic mass is 9.81. The molecule has 4 aromatic rings. The van der Waals surface area contributed by atoms with Crippen LogP contribution in [-0.4, -0.2) is 9.97 Å². The molecular weight excluding hydrogens is 344 g/mol. The zero-order valence-electron chi connectivity index (χ0n) is 15.4. The topological polar surface area (TPSA) is 77.8 Å². The van der Waals surface area contributed by atoms with Crippen molar-refractivity contribution in [3.8, 4) is 11.1 Å².